The van der Waals surface area contributed by atoms with Crippen LogP contribution >= 0.6 is 0 Å². The van der Waals surface area contributed by atoms with Crippen LogP contribution in [-0.2, 0) is 38.5 Å². The van der Waals surface area contributed by atoms with E-state index in [0.29, 0.717) is 11.1 Å². The number of carboxylic acids is 2. The molecule has 0 radical (unpaired) electrons. The zero-order chi connectivity index (χ0) is 25.3. The van der Waals surface area contributed by atoms with Gasteiger partial charge < -0.3 is 10.2 Å². The Morgan fingerprint density at radius 1 is 0.417 bits per heavy atom. The third kappa shape index (κ3) is 6.70. The minimum absolute atomic E-state index is 0.315. The molecule has 0 bridgehead atoms. The van der Waals surface area contributed by atoms with E-state index >= 15 is 0 Å². The van der Waals surface area contributed by atoms with Crippen molar-refractivity contribution in [1.82, 2.24) is 0 Å². The molecule has 182 valence electrons. The van der Waals surface area contributed by atoms with E-state index in [1.54, 1.807) is 24.3 Å². The summed E-state index contributed by atoms with van der Waals surface area (Å²) >= 11 is 0. The Hall–Kier alpha value is -4.18. The Morgan fingerprint density at radius 3 is 0.972 bits per heavy atom. The number of benzene rings is 4. The van der Waals surface area contributed by atoms with Gasteiger partial charge in [0.15, 0.2) is 0 Å². The number of rotatable bonds is 11. The Kier molecular flexibility index (Phi) is 8.30. The van der Waals surface area contributed by atoms with Crippen LogP contribution in [0, 0.1) is 0 Å². The molecule has 0 unspecified atom stereocenters. The summed E-state index contributed by atoms with van der Waals surface area (Å²) in [5, 5.41) is 18.2. The Balaban J connectivity index is 1.38. The highest BCUT2D eigenvalue weighted by Crippen LogP contribution is 2.19. The number of carboxylic acid groups (broad SMARTS) is 2. The lowest BCUT2D eigenvalue weighted by Gasteiger charge is -2.13. The summed E-state index contributed by atoms with van der Waals surface area (Å²) in [6, 6.07) is 31.4. The van der Waals surface area contributed by atoms with E-state index in [4.69, 9.17) is 10.2 Å². The van der Waals surface area contributed by atoms with Crippen LogP contribution in [0.3, 0.4) is 0 Å². The van der Waals surface area contributed by atoms with E-state index in [1.165, 1.54) is 22.3 Å². The molecule has 0 amide bonds. The Bertz CT molecular complexity index is 1220. The van der Waals surface area contributed by atoms with Crippen LogP contribution in [0.15, 0.2) is 97.1 Å². The minimum Gasteiger partial charge on any atom is -0.478 e. The lowest BCUT2D eigenvalue weighted by atomic mass is 9.92. The number of aromatic carboxylic acids is 2. The van der Waals surface area contributed by atoms with E-state index in [0.717, 1.165) is 49.7 Å². The maximum atomic E-state index is 11.1. The number of hydrogen-bond acceptors (Lipinski definition) is 2. The molecular weight excluding hydrogens is 448 g/mol. The third-order valence-corrected chi connectivity index (χ3v) is 6.67. The summed E-state index contributed by atoms with van der Waals surface area (Å²) < 4.78 is 0. The van der Waals surface area contributed by atoms with Crippen LogP contribution in [0.2, 0.25) is 0 Å². The van der Waals surface area contributed by atoms with Gasteiger partial charge >= 0.3 is 11.9 Å². The minimum atomic E-state index is -0.900. The summed E-state index contributed by atoms with van der Waals surface area (Å²) in [7, 11) is 0. The van der Waals surface area contributed by atoms with Crippen LogP contribution in [0.4, 0.5) is 0 Å². The molecule has 0 saturated carbocycles. The van der Waals surface area contributed by atoms with Gasteiger partial charge in [0, 0.05) is 0 Å². The van der Waals surface area contributed by atoms with Gasteiger partial charge in [-0.2, -0.15) is 0 Å². The summed E-state index contributed by atoms with van der Waals surface area (Å²) in [5.74, 6) is -1.80. The third-order valence-electron chi connectivity index (χ3n) is 6.67. The van der Waals surface area contributed by atoms with Crippen molar-refractivity contribution in [1.29, 1.82) is 0 Å². The molecule has 0 aliphatic rings. The second kappa shape index (κ2) is 12.0. The average Bonchev–Trinajstić information content (AvgIpc) is 2.91. The molecule has 36 heavy (non-hydrogen) atoms. The molecule has 0 spiro atoms. The molecular formula is C32H30O4. The van der Waals surface area contributed by atoms with E-state index in [1.807, 2.05) is 24.3 Å². The van der Waals surface area contributed by atoms with E-state index in [2.05, 4.69) is 48.5 Å². The van der Waals surface area contributed by atoms with Crippen LogP contribution in [0.25, 0.3) is 0 Å². The molecule has 0 aromatic heterocycles. The van der Waals surface area contributed by atoms with Crippen LogP contribution in [0.5, 0.6) is 0 Å². The first-order valence-corrected chi connectivity index (χ1v) is 12.3. The van der Waals surface area contributed by atoms with Gasteiger partial charge in [0.05, 0.1) is 11.1 Å². The van der Waals surface area contributed by atoms with Crippen molar-refractivity contribution in [3.05, 3.63) is 142 Å². The molecule has 0 fully saturated rings. The van der Waals surface area contributed by atoms with Gasteiger partial charge in [0.25, 0.3) is 0 Å². The van der Waals surface area contributed by atoms with Crippen molar-refractivity contribution in [2.45, 2.75) is 38.5 Å². The molecule has 4 aromatic carbocycles. The second-order valence-corrected chi connectivity index (χ2v) is 9.04. The Morgan fingerprint density at radius 2 is 0.694 bits per heavy atom. The first-order chi connectivity index (χ1) is 17.5. The Labute approximate surface area is 211 Å². The van der Waals surface area contributed by atoms with Crippen molar-refractivity contribution in [2.75, 3.05) is 0 Å². The molecule has 4 rings (SSSR count). The smallest absolute Gasteiger partial charge is 0.335 e. The van der Waals surface area contributed by atoms with Gasteiger partial charge in [0.1, 0.15) is 0 Å². The molecule has 2 N–H and O–H groups in total. The highest BCUT2D eigenvalue weighted by Gasteiger charge is 2.08. The summed E-state index contributed by atoms with van der Waals surface area (Å²) in [6.45, 7) is 0. The van der Waals surface area contributed by atoms with Gasteiger partial charge in [-0.1, -0.05) is 72.8 Å². The highest BCUT2D eigenvalue weighted by molar-refractivity contribution is 5.88. The van der Waals surface area contributed by atoms with Crippen molar-refractivity contribution < 1.29 is 19.8 Å². The van der Waals surface area contributed by atoms with Gasteiger partial charge in [0.2, 0.25) is 0 Å². The van der Waals surface area contributed by atoms with Crippen LogP contribution in [-0.4, -0.2) is 22.2 Å². The van der Waals surface area contributed by atoms with E-state index in [9.17, 15) is 9.59 Å². The number of aryl methyl sites for hydroxylation is 6. The quantitative estimate of drug-likeness (QED) is 0.260. The topological polar surface area (TPSA) is 74.6 Å². The van der Waals surface area contributed by atoms with Crippen LogP contribution < -0.4 is 0 Å². The number of hydrogen-bond donors (Lipinski definition) is 2. The normalized spacial score (nSPS) is 10.8. The summed E-state index contributed by atoms with van der Waals surface area (Å²) in [6.07, 6.45) is 5.48. The first-order valence-electron chi connectivity index (χ1n) is 12.3. The predicted octanol–water partition coefficient (Wildman–Crippen LogP) is 6.44. The zero-order valence-corrected chi connectivity index (χ0v) is 20.2. The molecule has 0 aliphatic carbocycles. The fourth-order valence-corrected chi connectivity index (χ4v) is 4.55. The highest BCUT2D eigenvalue weighted by atomic mass is 16.4. The van der Waals surface area contributed by atoms with Gasteiger partial charge in [-0.15, -0.1) is 0 Å². The standard InChI is InChI=1S/C32H30O4/c33-31(34)29-17-11-23(12-18-29)9-15-25-5-1-3-7-27(25)21-22-28-8-4-2-6-26(28)16-10-24-13-19-30(20-14-24)32(35)36/h1-8,11-14,17-20H,9-10,15-16,21-22H2,(H,33,34)(H,35,36). The summed E-state index contributed by atoms with van der Waals surface area (Å²) in [4.78, 5) is 22.2. The lowest BCUT2D eigenvalue weighted by Crippen LogP contribution is -2.03. The largest absolute Gasteiger partial charge is 0.478 e. The van der Waals surface area contributed by atoms with Crippen molar-refractivity contribution in [3.8, 4) is 0 Å². The molecule has 4 aromatic rings. The van der Waals surface area contributed by atoms with E-state index < -0.39 is 11.9 Å². The zero-order valence-electron chi connectivity index (χ0n) is 20.2. The monoisotopic (exact) mass is 478 g/mol. The van der Waals surface area contributed by atoms with Gasteiger partial charge in [-0.25, -0.2) is 9.59 Å². The van der Waals surface area contributed by atoms with Crippen molar-refractivity contribution in [2.24, 2.45) is 0 Å². The van der Waals surface area contributed by atoms with E-state index in [-0.39, 0.29) is 0 Å². The SMILES string of the molecule is O=C(O)c1ccc(CCc2ccccc2CCc2ccccc2CCc2ccc(C(=O)O)cc2)cc1. The maximum Gasteiger partial charge on any atom is 0.335 e. The predicted molar refractivity (Wildman–Crippen MR) is 142 cm³/mol. The fourth-order valence-electron chi connectivity index (χ4n) is 4.55. The summed E-state index contributed by atoms with van der Waals surface area (Å²) in [5.41, 5.74) is 8.25. The van der Waals surface area contributed by atoms with Crippen LogP contribution in [0.1, 0.15) is 54.1 Å². The maximum absolute atomic E-state index is 11.1. The van der Waals surface area contributed by atoms with Gasteiger partial charge in [-0.05, 0) is 96.2 Å². The molecule has 4 nitrogen and oxygen atoms in total. The van der Waals surface area contributed by atoms with Crippen molar-refractivity contribution in [3.63, 3.8) is 0 Å². The second-order valence-electron chi connectivity index (χ2n) is 9.04. The molecule has 0 atom stereocenters. The van der Waals surface area contributed by atoms with Crippen molar-refractivity contribution >= 4 is 11.9 Å². The average molecular weight is 479 g/mol. The lowest BCUT2D eigenvalue weighted by molar-refractivity contribution is 0.0686. The molecule has 0 aliphatic heterocycles. The van der Waals surface area contributed by atoms with Gasteiger partial charge in [-0.3, -0.25) is 0 Å². The first kappa shape index (κ1) is 24.9. The number of carbonyl (C=O) groups is 2. The molecule has 0 saturated heterocycles. The molecule has 4 heteroatoms. The fraction of sp³-hybridized carbons (Fsp3) is 0.188. The molecule has 0 heterocycles.